The Morgan fingerprint density at radius 3 is 2.81 bits per heavy atom. The number of nitrogens with zero attached hydrogens (tertiary/aromatic N) is 1. The largest absolute Gasteiger partial charge is 0.326 e. The molecule has 112 valence electrons. The average molecular weight is 287 g/mol. The van der Waals surface area contributed by atoms with Gasteiger partial charge < -0.3 is 15.5 Å². The second-order valence-electron chi connectivity index (χ2n) is 5.93. The van der Waals surface area contributed by atoms with E-state index in [1.165, 1.54) is 0 Å². The van der Waals surface area contributed by atoms with E-state index >= 15 is 0 Å². The van der Waals surface area contributed by atoms with Crippen LogP contribution in [0.2, 0.25) is 0 Å². The molecule has 2 amide bonds. The number of carbonyl (C=O) groups excluding carboxylic acids is 2. The first-order chi connectivity index (χ1) is 10.1. The molecule has 2 saturated heterocycles. The second-order valence-corrected chi connectivity index (χ2v) is 5.93. The molecule has 0 bridgehead atoms. The van der Waals surface area contributed by atoms with Crippen LogP contribution in [0.25, 0.3) is 0 Å². The maximum atomic E-state index is 11.9. The molecule has 0 radical (unpaired) electrons. The highest BCUT2D eigenvalue weighted by Crippen LogP contribution is 2.27. The summed E-state index contributed by atoms with van der Waals surface area (Å²) in [5.74, 6) is 0.714. The summed E-state index contributed by atoms with van der Waals surface area (Å²) in [6.07, 6.45) is 2.12. The third-order valence-electron chi connectivity index (χ3n) is 4.18. The zero-order valence-corrected chi connectivity index (χ0v) is 12.3. The van der Waals surface area contributed by atoms with Crippen molar-refractivity contribution in [2.45, 2.75) is 26.2 Å². The zero-order chi connectivity index (χ0) is 14.8. The van der Waals surface area contributed by atoms with Crippen LogP contribution in [-0.2, 0) is 9.59 Å². The lowest BCUT2D eigenvalue weighted by Crippen LogP contribution is -2.43. The number of amides is 2. The van der Waals surface area contributed by atoms with Crippen LogP contribution in [0.3, 0.4) is 0 Å². The van der Waals surface area contributed by atoms with E-state index < -0.39 is 0 Å². The third-order valence-corrected chi connectivity index (χ3v) is 4.18. The van der Waals surface area contributed by atoms with Crippen molar-refractivity contribution >= 4 is 23.2 Å². The van der Waals surface area contributed by atoms with Gasteiger partial charge >= 0.3 is 0 Å². The summed E-state index contributed by atoms with van der Waals surface area (Å²) in [7, 11) is 0. The van der Waals surface area contributed by atoms with Gasteiger partial charge in [0.2, 0.25) is 11.8 Å². The topological polar surface area (TPSA) is 61.4 Å². The fraction of sp³-hybridized carbons (Fsp3) is 0.500. The minimum atomic E-state index is 0.0610. The molecule has 3 rings (SSSR count). The van der Waals surface area contributed by atoms with Crippen molar-refractivity contribution in [1.29, 1.82) is 0 Å². The molecule has 0 spiro atoms. The van der Waals surface area contributed by atoms with Gasteiger partial charge in [-0.15, -0.1) is 0 Å². The number of hydrogen-bond acceptors (Lipinski definition) is 3. The van der Waals surface area contributed by atoms with Gasteiger partial charge in [-0.05, 0) is 56.1 Å². The molecule has 1 aromatic carbocycles. The number of benzene rings is 1. The van der Waals surface area contributed by atoms with E-state index in [9.17, 15) is 9.59 Å². The maximum absolute atomic E-state index is 11.9. The van der Waals surface area contributed by atoms with Crippen molar-refractivity contribution in [3.05, 3.63) is 23.8 Å². The fourth-order valence-corrected chi connectivity index (χ4v) is 2.91. The number of anilines is 2. The number of carbonyl (C=O) groups is 2. The molecule has 2 fully saturated rings. The van der Waals surface area contributed by atoms with Gasteiger partial charge in [0.05, 0.1) is 0 Å². The lowest BCUT2D eigenvalue weighted by atomic mass is 9.99. The molecule has 1 aromatic rings. The first-order valence-electron chi connectivity index (χ1n) is 7.55. The highest BCUT2D eigenvalue weighted by molar-refractivity contribution is 5.97. The van der Waals surface area contributed by atoms with Crippen molar-refractivity contribution in [2.75, 3.05) is 29.9 Å². The van der Waals surface area contributed by atoms with Gasteiger partial charge in [0, 0.05) is 30.8 Å². The van der Waals surface area contributed by atoms with Crippen LogP contribution < -0.4 is 15.5 Å². The second kappa shape index (κ2) is 5.85. The highest BCUT2D eigenvalue weighted by Gasteiger charge is 2.23. The van der Waals surface area contributed by atoms with Crippen molar-refractivity contribution < 1.29 is 9.59 Å². The van der Waals surface area contributed by atoms with Gasteiger partial charge in [-0.2, -0.15) is 0 Å². The summed E-state index contributed by atoms with van der Waals surface area (Å²) in [6, 6.07) is 5.75. The van der Waals surface area contributed by atoms with Gasteiger partial charge in [-0.3, -0.25) is 9.59 Å². The van der Waals surface area contributed by atoms with Gasteiger partial charge in [0.25, 0.3) is 0 Å². The minimum absolute atomic E-state index is 0.0610. The SMILES string of the molecule is Cc1cc(NC(=O)CC2CNC2)ccc1N1CCCC1=O. The highest BCUT2D eigenvalue weighted by atomic mass is 16.2. The average Bonchev–Trinajstić information content (AvgIpc) is 2.80. The van der Waals surface area contributed by atoms with Gasteiger partial charge in [0.15, 0.2) is 0 Å². The van der Waals surface area contributed by atoms with Crippen molar-refractivity contribution in [3.63, 3.8) is 0 Å². The Hall–Kier alpha value is -1.88. The lowest BCUT2D eigenvalue weighted by molar-refractivity contribution is -0.118. The Labute approximate surface area is 124 Å². The Morgan fingerprint density at radius 1 is 1.43 bits per heavy atom. The standard InChI is InChI=1S/C16H21N3O2/c1-11-7-13(18-15(20)8-12-9-17-10-12)4-5-14(11)19-6-2-3-16(19)21/h4-5,7,12,17H,2-3,6,8-10H2,1H3,(H,18,20). The molecule has 5 heteroatoms. The summed E-state index contributed by atoms with van der Waals surface area (Å²) < 4.78 is 0. The van der Waals surface area contributed by atoms with E-state index in [1.807, 2.05) is 30.0 Å². The van der Waals surface area contributed by atoms with E-state index in [-0.39, 0.29) is 11.8 Å². The number of nitrogens with one attached hydrogen (secondary N) is 2. The van der Waals surface area contributed by atoms with Crippen molar-refractivity contribution in [2.24, 2.45) is 5.92 Å². The molecular formula is C16H21N3O2. The quantitative estimate of drug-likeness (QED) is 0.885. The molecule has 0 unspecified atom stereocenters. The Balaban J connectivity index is 1.65. The maximum Gasteiger partial charge on any atom is 0.227 e. The smallest absolute Gasteiger partial charge is 0.227 e. The molecule has 0 saturated carbocycles. The predicted octanol–water partition coefficient (Wildman–Crippen LogP) is 1.67. The Bertz CT molecular complexity index is 567. The van der Waals surface area contributed by atoms with Crippen LogP contribution >= 0.6 is 0 Å². The molecule has 0 atom stereocenters. The molecule has 2 aliphatic heterocycles. The molecule has 0 aliphatic carbocycles. The van der Waals surface area contributed by atoms with Crippen LogP contribution in [-0.4, -0.2) is 31.4 Å². The van der Waals surface area contributed by atoms with Crippen molar-refractivity contribution in [3.8, 4) is 0 Å². The number of hydrogen-bond donors (Lipinski definition) is 2. The number of rotatable bonds is 4. The van der Waals surface area contributed by atoms with Gasteiger partial charge in [-0.25, -0.2) is 0 Å². The minimum Gasteiger partial charge on any atom is -0.326 e. The van der Waals surface area contributed by atoms with Gasteiger partial charge in [-0.1, -0.05) is 0 Å². The summed E-state index contributed by atoms with van der Waals surface area (Å²) in [6.45, 7) is 4.64. The molecule has 2 N–H and O–H groups in total. The predicted molar refractivity (Wildman–Crippen MR) is 82.4 cm³/mol. The monoisotopic (exact) mass is 287 g/mol. The lowest BCUT2D eigenvalue weighted by Gasteiger charge is -2.26. The van der Waals surface area contributed by atoms with Crippen LogP contribution in [0.15, 0.2) is 18.2 Å². The molecule has 21 heavy (non-hydrogen) atoms. The Morgan fingerprint density at radius 2 is 2.24 bits per heavy atom. The van der Waals surface area contributed by atoms with E-state index in [1.54, 1.807) is 0 Å². The molecule has 2 heterocycles. The molecule has 0 aromatic heterocycles. The van der Waals surface area contributed by atoms with Crippen molar-refractivity contribution in [1.82, 2.24) is 5.32 Å². The van der Waals surface area contributed by atoms with Crippen LogP contribution in [0, 0.1) is 12.8 Å². The number of aryl methyl sites for hydroxylation is 1. The molecule has 2 aliphatic rings. The molecule has 5 nitrogen and oxygen atoms in total. The third kappa shape index (κ3) is 3.08. The van der Waals surface area contributed by atoms with E-state index in [0.29, 0.717) is 18.8 Å². The normalized spacial score (nSPS) is 18.7. The first-order valence-corrected chi connectivity index (χ1v) is 7.55. The summed E-state index contributed by atoms with van der Waals surface area (Å²) >= 11 is 0. The Kier molecular flexibility index (Phi) is 3.92. The van der Waals surface area contributed by atoms with E-state index in [4.69, 9.17) is 0 Å². The zero-order valence-electron chi connectivity index (χ0n) is 12.3. The fourth-order valence-electron chi connectivity index (χ4n) is 2.91. The van der Waals surface area contributed by atoms with Gasteiger partial charge in [0.1, 0.15) is 0 Å². The van der Waals surface area contributed by atoms with Crippen LogP contribution in [0.1, 0.15) is 24.8 Å². The van der Waals surface area contributed by atoms with Crippen LogP contribution in [0.5, 0.6) is 0 Å². The summed E-state index contributed by atoms with van der Waals surface area (Å²) in [5.41, 5.74) is 2.78. The van der Waals surface area contributed by atoms with E-state index in [2.05, 4.69) is 10.6 Å². The first kappa shape index (κ1) is 14.1. The van der Waals surface area contributed by atoms with E-state index in [0.717, 1.165) is 43.0 Å². The molecular weight excluding hydrogens is 266 g/mol. The van der Waals surface area contributed by atoms with Crippen LogP contribution in [0.4, 0.5) is 11.4 Å². The summed E-state index contributed by atoms with van der Waals surface area (Å²) in [5, 5.41) is 6.11. The summed E-state index contributed by atoms with van der Waals surface area (Å²) in [4.78, 5) is 25.6.